The molecule has 2 heterocycles. The van der Waals surface area contributed by atoms with Crippen LogP contribution in [0, 0.1) is 0 Å². The Bertz CT molecular complexity index is 1550. The summed E-state index contributed by atoms with van der Waals surface area (Å²) in [7, 11) is 1.40. The molecule has 2 aromatic carbocycles. The third-order valence-electron chi connectivity index (χ3n) is 6.12. The molecule has 218 valence electrons. The van der Waals surface area contributed by atoms with Crippen LogP contribution in [-0.4, -0.2) is 61.0 Å². The maximum Gasteiger partial charge on any atom is 0.417 e. The summed E-state index contributed by atoms with van der Waals surface area (Å²) in [5.74, 6) is -1.72. The molecular formula is C28H28F3N3O7. The number of aromatic nitrogens is 1. The van der Waals surface area contributed by atoms with E-state index >= 15 is 0 Å². The lowest BCUT2D eigenvalue weighted by atomic mass is 10.0. The van der Waals surface area contributed by atoms with Gasteiger partial charge in [-0.1, -0.05) is 24.3 Å². The minimum absolute atomic E-state index is 0.00288. The number of pyridine rings is 1. The molecule has 1 aliphatic heterocycles. The Hall–Kier alpha value is -4.39. The number of amides is 1. The lowest BCUT2D eigenvalue weighted by Crippen LogP contribution is -2.46. The Morgan fingerprint density at radius 3 is 2.46 bits per heavy atom. The van der Waals surface area contributed by atoms with Crippen LogP contribution in [0.1, 0.15) is 26.3 Å². The van der Waals surface area contributed by atoms with Gasteiger partial charge in [-0.15, -0.1) is 0 Å². The number of halogens is 3. The number of carbonyl (C=O) groups is 3. The van der Waals surface area contributed by atoms with Crippen molar-refractivity contribution < 1.29 is 41.8 Å². The van der Waals surface area contributed by atoms with Crippen LogP contribution in [0.2, 0.25) is 0 Å². The lowest BCUT2D eigenvalue weighted by molar-refractivity contribution is -0.166. The van der Waals surface area contributed by atoms with Crippen molar-refractivity contribution in [2.45, 2.75) is 44.7 Å². The molecule has 0 bridgehead atoms. The van der Waals surface area contributed by atoms with Crippen molar-refractivity contribution in [3.8, 4) is 11.3 Å². The van der Waals surface area contributed by atoms with E-state index in [9.17, 15) is 32.3 Å². The lowest BCUT2D eigenvalue weighted by Gasteiger charge is -2.23. The molecule has 0 aliphatic carbocycles. The van der Waals surface area contributed by atoms with E-state index in [0.29, 0.717) is 11.1 Å². The molecule has 10 nitrogen and oxygen atoms in total. The fourth-order valence-corrected chi connectivity index (χ4v) is 4.30. The number of aromatic amines is 1. The minimum atomic E-state index is -4.61. The molecule has 2 unspecified atom stereocenters. The second-order valence-electron chi connectivity index (χ2n) is 10.3. The number of alkyl halides is 3. The highest BCUT2D eigenvalue weighted by Gasteiger charge is 2.36. The van der Waals surface area contributed by atoms with E-state index in [2.05, 4.69) is 10.3 Å². The van der Waals surface area contributed by atoms with Gasteiger partial charge in [-0.3, -0.25) is 15.0 Å². The van der Waals surface area contributed by atoms with Gasteiger partial charge in [-0.05, 0) is 57.5 Å². The van der Waals surface area contributed by atoms with Crippen molar-refractivity contribution in [3.63, 3.8) is 0 Å². The fourth-order valence-electron chi connectivity index (χ4n) is 4.30. The third kappa shape index (κ3) is 6.68. The van der Waals surface area contributed by atoms with Gasteiger partial charge in [-0.2, -0.15) is 13.2 Å². The number of anilines is 1. The monoisotopic (exact) mass is 575 g/mol. The van der Waals surface area contributed by atoms with Gasteiger partial charge in [0.25, 0.3) is 5.56 Å². The first-order valence-electron chi connectivity index (χ1n) is 12.6. The topological polar surface area (TPSA) is 127 Å². The summed E-state index contributed by atoms with van der Waals surface area (Å²) in [5, 5.41) is 3.04. The quantitative estimate of drug-likeness (QED) is 0.246. The number of esters is 2. The Morgan fingerprint density at radius 2 is 1.80 bits per heavy atom. The average molecular weight is 576 g/mol. The SMILES string of the molecule is CNC(C(=O)OCC1CN(c2ccc3cc(-c4ccccc4C(F)(F)F)[nH]c(=O)c3c2)C(=O)O1)C(=O)OC(C)(C)C. The molecule has 4 rings (SSSR count). The minimum Gasteiger partial charge on any atom is -0.460 e. The average Bonchev–Trinajstić information content (AvgIpc) is 3.26. The third-order valence-corrected chi connectivity index (χ3v) is 6.12. The van der Waals surface area contributed by atoms with Crippen LogP contribution in [0.3, 0.4) is 0 Å². The molecule has 0 spiro atoms. The summed E-state index contributed by atoms with van der Waals surface area (Å²) >= 11 is 0. The van der Waals surface area contributed by atoms with E-state index in [1.165, 1.54) is 54.4 Å². The van der Waals surface area contributed by atoms with E-state index in [0.717, 1.165) is 6.07 Å². The van der Waals surface area contributed by atoms with Crippen LogP contribution in [0.15, 0.2) is 53.3 Å². The second-order valence-corrected chi connectivity index (χ2v) is 10.3. The number of hydrogen-bond acceptors (Lipinski definition) is 8. The first-order valence-corrected chi connectivity index (χ1v) is 12.6. The number of nitrogens with one attached hydrogen (secondary N) is 2. The van der Waals surface area contributed by atoms with Crippen LogP contribution in [-0.2, 0) is 30.0 Å². The number of cyclic esters (lactones) is 1. The summed E-state index contributed by atoms with van der Waals surface area (Å²) in [6.45, 7) is 4.60. The molecule has 1 fully saturated rings. The zero-order chi connectivity index (χ0) is 30.1. The van der Waals surface area contributed by atoms with E-state index in [1.54, 1.807) is 20.8 Å². The van der Waals surface area contributed by atoms with Crippen molar-refractivity contribution in [3.05, 3.63) is 64.4 Å². The molecule has 2 N–H and O–H groups in total. The van der Waals surface area contributed by atoms with E-state index in [4.69, 9.17) is 14.2 Å². The predicted octanol–water partition coefficient (Wildman–Crippen LogP) is 4.01. The molecule has 0 saturated carbocycles. The molecule has 0 radical (unpaired) electrons. The number of ether oxygens (including phenoxy) is 3. The molecule has 1 saturated heterocycles. The van der Waals surface area contributed by atoms with Gasteiger partial charge in [0.05, 0.1) is 12.1 Å². The molecule has 2 atom stereocenters. The van der Waals surface area contributed by atoms with Crippen LogP contribution >= 0.6 is 0 Å². The number of H-pyrrole nitrogens is 1. The summed E-state index contributed by atoms with van der Waals surface area (Å²) in [5.41, 5.74) is -2.22. The molecule has 41 heavy (non-hydrogen) atoms. The van der Waals surface area contributed by atoms with Crippen LogP contribution in [0.5, 0.6) is 0 Å². The van der Waals surface area contributed by atoms with Crippen molar-refractivity contribution in [2.75, 3.05) is 25.1 Å². The number of likely N-dealkylation sites (N-methyl/N-ethyl adjacent to an activating group) is 1. The Kier molecular flexibility index (Phi) is 8.11. The largest absolute Gasteiger partial charge is 0.460 e. The van der Waals surface area contributed by atoms with Gasteiger partial charge < -0.3 is 19.2 Å². The first-order chi connectivity index (χ1) is 19.2. The summed E-state index contributed by atoms with van der Waals surface area (Å²) in [6, 6.07) is 9.43. The van der Waals surface area contributed by atoms with E-state index in [-0.39, 0.29) is 29.8 Å². The Labute approximate surface area is 232 Å². The number of benzene rings is 2. The van der Waals surface area contributed by atoms with Crippen LogP contribution < -0.4 is 15.8 Å². The summed E-state index contributed by atoms with van der Waals surface area (Å²) < 4.78 is 56.2. The number of hydrogen-bond donors (Lipinski definition) is 2. The van der Waals surface area contributed by atoms with Gasteiger partial charge in [0.15, 0.2) is 6.10 Å². The number of carbonyl (C=O) groups excluding carboxylic acids is 3. The van der Waals surface area contributed by atoms with Crippen molar-refractivity contribution >= 4 is 34.5 Å². The molecular weight excluding hydrogens is 547 g/mol. The summed E-state index contributed by atoms with van der Waals surface area (Å²) in [6.07, 6.45) is -6.23. The van der Waals surface area contributed by atoms with Crippen LogP contribution in [0.4, 0.5) is 23.7 Å². The number of rotatable bonds is 7. The van der Waals surface area contributed by atoms with Gasteiger partial charge >= 0.3 is 24.2 Å². The van der Waals surface area contributed by atoms with Gasteiger partial charge in [0, 0.05) is 22.3 Å². The highest BCUT2D eigenvalue weighted by atomic mass is 19.4. The van der Waals surface area contributed by atoms with Crippen molar-refractivity contribution in [1.29, 1.82) is 0 Å². The predicted molar refractivity (Wildman–Crippen MR) is 142 cm³/mol. The van der Waals surface area contributed by atoms with Gasteiger partial charge in [-0.25, -0.2) is 14.4 Å². The molecule has 3 aromatic rings. The van der Waals surface area contributed by atoms with E-state index < -0.39 is 53.1 Å². The first kappa shape index (κ1) is 29.6. The van der Waals surface area contributed by atoms with E-state index in [1.807, 2.05) is 0 Å². The Balaban J connectivity index is 1.49. The zero-order valence-electron chi connectivity index (χ0n) is 22.6. The normalized spacial score (nSPS) is 16.4. The zero-order valence-corrected chi connectivity index (χ0v) is 22.6. The van der Waals surface area contributed by atoms with Crippen molar-refractivity contribution in [2.24, 2.45) is 0 Å². The maximum absolute atomic E-state index is 13.5. The van der Waals surface area contributed by atoms with Gasteiger partial charge in [0.2, 0.25) is 6.04 Å². The summed E-state index contributed by atoms with van der Waals surface area (Å²) in [4.78, 5) is 53.9. The Morgan fingerprint density at radius 1 is 1.10 bits per heavy atom. The highest BCUT2D eigenvalue weighted by molar-refractivity contribution is 5.99. The fraction of sp³-hybridized carbons (Fsp3) is 0.357. The number of nitrogens with zero attached hydrogens (tertiary/aromatic N) is 1. The molecule has 1 amide bonds. The van der Waals surface area contributed by atoms with Gasteiger partial charge in [0.1, 0.15) is 12.2 Å². The molecule has 13 heteroatoms. The standard InChI is InChI=1S/C28H28F3N3O7/c1-27(2,3)41-25(37)22(32-4)24(36)39-14-17-13-34(26(38)40-17)16-10-9-15-11-21(33-23(35)19(15)12-16)18-7-5-6-8-20(18)28(29,30)31/h5-12,17,22,32H,13-14H2,1-4H3,(H,33,35). The molecule has 1 aromatic heterocycles. The van der Waals surface area contributed by atoms with Crippen LogP contribution in [0.25, 0.3) is 22.0 Å². The number of fused-ring (bicyclic) bond motifs is 1. The smallest absolute Gasteiger partial charge is 0.417 e. The highest BCUT2D eigenvalue weighted by Crippen LogP contribution is 2.36. The maximum atomic E-state index is 13.5. The second kappa shape index (κ2) is 11.2. The molecule has 1 aliphatic rings. The van der Waals surface area contributed by atoms with Crippen molar-refractivity contribution in [1.82, 2.24) is 10.3 Å².